The van der Waals surface area contributed by atoms with Gasteiger partial charge >= 0.3 is 0 Å². The van der Waals surface area contributed by atoms with E-state index in [0.717, 1.165) is 36.2 Å². The van der Waals surface area contributed by atoms with Crippen LogP contribution in [0.4, 0.5) is 0 Å². The molecule has 0 spiro atoms. The topological polar surface area (TPSA) is 71.3 Å². The number of aryl methyl sites for hydroxylation is 1. The maximum absolute atomic E-state index is 12.8. The summed E-state index contributed by atoms with van der Waals surface area (Å²) in [7, 11) is 0. The zero-order valence-electron chi connectivity index (χ0n) is 19.4. The fourth-order valence-electron chi connectivity index (χ4n) is 4.49. The van der Waals surface area contributed by atoms with Crippen LogP contribution in [0.15, 0.2) is 83.3 Å². The van der Waals surface area contributed by atoms with E-state index < -0.39 is 0 Å². The highest BCUT2D eigenvalue weighted by atomic mass is 16.4. The lowest BCUT2D eigenvalue weighted by Crippen LogP contribution is -2.37. The Kier molecular flexibility index (Phi) is 6.23. The van der Waals surface area contributed by atoms with Crippen LogP contribution in [-0.2, 0) is 0 Å². The van der Waals surface area contributed by atoms with E-state index in [1.165, 1.54) is 5.56 Å². The Hall–Kier alpha value is -3.77. The van der Waals surface area contributed by atoms with Crippen molar-refractivity contribution in [2.24, 2.45) is 0 Å². The first-order chi connectivity index (χ1) is 16.6. The largest absolute Gasteiger partial charge is 0.416 e. The minimum absolute atomic E-state index is 0.0584. The van der Waals surface area contributed by atoms with E-state index in [1.807, 2.05) is 61.5 Å². The van der Waals surface area contributed by atoms with Crippen molar-refractivity contribution in [1.82, 2.24) is 20.4 Å². The third-order valence-corrected chi connectivity index (χ3v) is 6.58. The predicted octanol–water partition coefficient (Wildman–Crippen LogP) is 5.28. The van der Waals surface area contributed by atoms with Crippen molar-refractivity contribution in [3.63, 3.8) is 0 Å². The first-order valence-corrected chi connectivity index (χ1v) is 11.7. The van der Waals surface area contributed by atoms with E-state index in [2.05, 4.69) is 51.6 Å². The normalized spacial score (nSPS) is 16.9. The van der Waals surface area contributed by atoms with Gasteiger partial charge in [-0.05, 0) is 61.7 Å². The molecule has 1 fully saturated rings. The van der Waals surface area contributed by atoms with Crippen LogP contribution in [0.1, 0.15) is 40.9 Å². The molecule has 1 aliphatic rings. The van der Waals surface area contributed by atoms with E-state index in [4.69, 9.17) is 4.42 Å². The fraction of sp³-hybridized carbons (Fsp3) is 0.250. The van der Waals surface area contributed by atoms with Crippen LogP contribution in [0, 0.1) is 6.92 Å². The lowest BCUT2D eigenvalue weighted by atomic mass is 10.1. The Labute approximate surface area is 199 Å². The van der Waals surface area contributed by atoms with Gasteiger partial charge in [-0.1, -0.05) is 48.5 Å². The molecule has 1 aliphatic heterocycles. The highest BCUT2D eigenvalue weighted by Gasteiger charge is 2.28. The van der Waals surface area contributed by atoms with Gasteiger partial charge in [-0.15, -0.1) is 10.2 Å². The molecule has 0 radical (unpaired) electrons. The average molecular weight is 453 g/mol. The van der Waals surface area contributed by atoms with E-state index in [1.54, 1.807) is 0 Å². The first-order valence-electron chi connectivity index (χ1n) is 11.7. The zero-order valence-corrected chi connectivity index (χ0v) is 19.4. The molecule has 1 amide bonds. The van der Waals surface area contributed by atoms with Gasteiger partial charge in [0.2, 0.25) is 11.8 Å². The van der Waals surface area contributed by atoms with Gasteiger partial charge in [0.25, 0.3) is 5.91 Å². The number of rotatable bonds is 6. The van der Waals surface area contributed by atoms with Crippen molar-refractivity contribution in [3.05, 3.63) is 95.6 Å². The predicted molar refractivity (Wildman–Crippen MR) is 132 cm³/mol. The number of likely N-dealkylation sites (tertiary alicyclic amines) is 1. The van der Waals surface area contributed by atoms with E-state index in [0.29, 0.717) is 23.4 Å². The number of amides is 1. The Morgan fingerprint density at radius 2 is 1.68 bits per heavy atom. The van der Waals surface area contributed by atoms with E-state index in [-0.39, 0.29) is 11.9 Å². The average Bonchev–Trinajstić information content (AvgIpc) is 3.55. The van der Waals surface area contributed by atoms with Gasteiger partial charge in [0.15, 0.2) is 0 Å². The van der Waals surface area contributed by atoms with Crippen LogP contribution in [0.5, 0.6) is 0 Å². The van der Waals surface area contributed by atoms with Crippen molar-refractivity contribution in [2.75, 3.05) is 13.1 Å². The monoisotopic (exact) mass is 452 g/mol. The molecule has 1 aromatic heterocycles. The molecule has 6 heteroatoms. The second-order valence-corrected chi connectivity index (χ2v) is 8.85. The minimum atomic E-state index is -0.0584. The summed E-state index contributed by atoms with van der Waals surface area (Å²) in [5.74, 6) is 0.869. The molecular formula is C28H28N4O2. The number of carbonyl (C=O) groups is 1. The summed E-state index contributed by atoms with van der Waals surface area (Å²) in [4.78, 5) is 15.3. The fourth-order valence-corrected chi connectivity index (χ4v) is 4.49. The molecule has 2 unspecified atom stereocenters. The van der Waals surface area contributed by atoms with Crippen LogP contribution in [0.3, 0.4) is 0 Å². The summed E-state index contributed by atoms with van der Waals surface area (Å²) in [5, 5.41) is 11.6. The van der Waals surface area contributed by atoms with Crippen molar-refractivity contribution in [3.8, 4) is 22.9 Å². The minimum Gasteiger partial charge on any atom is -0.416 e. The Bertz CT molecular complexity index is 1270. The molecule has 6 nitrogen and oxygen atoms in total. The van der Waals surface area contributed by atoms with Crippen LogP contribution in [0.25, 0.3) is 22.9 Å². The third-order valence-electron chi connectivity index (χ3n) is 6.58. The number of hydrogen-bond acceptors (Lipinski definition) is 5. The summed E-state index contributed by atoms with van der Waals surface area (Å²) in [6.45, 7) is 6.06. The lowest BCUT2D eigenvalue weighted by molar-refractivity contribution is 0.0936. The van der Waals surface area contributed by atoms with Crippen molar-refractivity contribution in [1.29, 1.82) is 0 Å². The zero-order chi connectivity index (χ0) is 23.5. The first kappa shape index (κ1) is 22.0. The molecule has 2 atom stereocenters. The molecule has 0 saturated carbocycles. The number of nitrogens with zero attached hydrogens (tertiary/aromatic N) is 3. The SMILES string of the molecule is Cc1ccccc1-c1nnc(-c2ccc(C(=O)NC3CCN(C(C)c4ccccc4)C3)cc2)o1. The van der Waals surface area contributed by atoms with Gasteiger partial charge < -0.3 is 9.73 Å². The molecule has 1 saturated heterocycles. The van der Waals surface area contributed by atoms with E-state index in [9.17, 15) is 4.79 Å². The molecule has 172 valence electrons. The smallest absolute Gasteiger partial charge is 0.251 e. The van der Waals surface area contributed by atoms with Crippen LogP contribution < -0.4 is 5.32 Å². The molecule has 5 rings (SSSR count). The quantitative estimate of drug-likeness (QED) is 0.431. The maximum atomic E-state index is 12.8. The van der Waals surface area contributed by atoms with Gasteiger partial charge in [-0.3, -0.25) is 9.69 Å². The summed E-state index contributed by atoms with van der Waals surface area (Å²) in [6, 6.07) is 26.2. The number of hydrogen-bond donors (Lipinski definition) is 1. The van der Waals surface area contributed by atoms with Gasteiger partial charge in [-0.25, -0.2) is 0 Å². The molecule has 4 aromatic rings. The lowest BCUT2D eigenvalue weighted by Gasteiger charge is -2.24. The standard InChI is InChI=1S/C28H28N4O2/c1-19-8-6-7-11-25(19)28-31-30-27(34-28)23-14-12-22(13-15-23)26(33)29-24-16-17-32(18-24)20(2)21-9-4-3-5-10-21/h3-15,20,24H,16-18H2,1-2H3,(H,29,33). The van der Waals surface area contributed by atoms with Gasteiger partial charge in [-0.2, -0.15) is 0 Å². The molecule has 34 heavy (non-hydrogen) atoms. The van der Waals surface area contributed by atoms with Crippen LogP contribution in [0.2, 0.25) is 0 Å². The second kappa shape index (κ2) is 9.61. The Balaban J connectivity index is 1.21. The molecule has 3 aromatic carbocycles. The van der Waals surface area contributed by atoms with Crippen molar-refractivity contribution in [2.45, 2.75) is 32.4 Å². The maximum Gasteiger partial charge on any atom is 0.251 e. The van der Waals surface area contributed by atoms with Gasteiger partial charge in [0.1, 0.15) is 0 Å². The van der Waals surface area contributed by atoms with Gasteiger partial charge in [0, 0.05) is 41.9 Å². The van der Waals surface area contributed by atoms with Crippen molar-refractivity contribution < 1.29 is 9.21 Å². The highest BCUT2D eigenvalue weighted by Crippen LogP contribution is 2.27. The summed E-state index contributed by atoms with van der Waals surface area (Å²) >= 11 is 0. The van der Waals surface area contributed by atoms with Crippen LogP contribution >= 0.6 is 0 Å². The third kappa shape index (κ3) is 4.63. The Morgan fingerprint density at radius 1 is 0.971 bits per heavy atom. The summed E-state index contributed by atoms with van der Waals surface area (Å²) < 4.78 is 5.89. The second-order valence-electron chi connectivity index (χ2n) is 8.85. The molecule has 2 heterocycles. The molecule has 1 N–H and O–H groups in total. The summed E-state index contributed by atoms with van der Waals surface area (Å²) in [6.07, 6.45) is 0.949. The van der Waals surface area contributed by atoms with Crippen molar-refractivity contribution >= 4 is 5.91 Å². The van der Waals surface area contributed by atoms with E-state index >= 15 is 0 Å². The number of carbonyl (C=O) groups excluding carboxylic acids is 1. The number of benzene rings is 3. The number of nitrogens with one attached hydrogen (secondary N) is 1. The highest BCUT2D eigenvalue weighted by molar-refractivity contribution is 5.94. The Morgan fingerprint density at radius 3 is 2.44 bits per heavy atom. The van der Waals surface area contributed by atoms with Gasteiger partial charge in [0.05, 0.1) is 0 Å². The van der Waals surface area contributed by atoms with Crippen LogP contribution in [-0.4, -0.2) is 40.1 Å². The molecule has 0 aliphatic carbocycles. The molecular weight excluding hydrogens is 424 g/mol. The number of aromatic nitrogens is 2. The summed E-state index contributed by atoms with van der Waals surface area (Å²) in [5.41, 5.74) is 4.71. The molecule has 0 bridgehead atoms.